The highest BCUT2D eigenvalue weighted by Gasteiger charge is 2.25. The molecule has 1 aliphatic rings. The molecule has 0 aromatic heterocycles. The van der Waals surface area contributed by atoms with Crippen LogP contribution in [0.3, 0.4) is 0 Å². The summed E-state index contributed by atoms with van der Waals surface area (Å²) in [5.74, 6) is -0.402. The van der Waals surface area contributed by atoms with E-state index in [4.69, 9.17) is 0 Å². The van der Waals surface area contributed by atoms with Crippen LogP contribution in [0, 0.1) is 6.92 Å². The fraction of sp³-hybridized carbons (Fsp3) is 0.464. The Morgan fingerprint density at radius 3 is 2.03 bits per heavy atom. The number of hydrogen-bond acceptors (Lipinski definition) is 4. The molecule has 1 saturated heterocycles. The minimum Gasteiger partial charge on any atom is -0.368 e. The van der Waals surface area contributed by atoms with Crippen LogP contribution < -0.4 is 15.5 Å². The van der Waals surface area contributed by atoms with Gasteiger partial charge in [0, 0.05) is 54.7 Å². The number of aryl methyl sites for hydroxylation is 1. The van der Waals surface area contributed by atoms with Gasteiger partial charge in [-0.1, -0.05) is 17.7 Å². The molecule has 194 valence electrons. The van der Waals surface area contributed by atoms with Gasteiger partial charge < -0.3 is 25.3 Å². The molecule has 2 aromatic rings. The largest absolute Gasteiger partial charge is 0.368 e. The molecule has 0 unspecified atom stereocenters. The number of carbonyl (C=O) groups is 3. The van der Waals surface area contributed by atoms with Gasteiger partial charge in [0.05, 0.1) is 0 Å². The number of carbonyl (C=O) groups excluding carboxylic acids is 3. The lowest BCUT2D eigenvalue weighted by atomic mass is 10.1. The topological polar surface area (TPSA) is 85.0 Å². The van der Waals surface area contributed by atoms with E-state index in [2.05, 4.69) is 15.5 Å². The number of urea groups is 1. The molecule has 2 N–H and O–H groups in total. The number of benzene rings is 2. The first-order valence-corrected chi connectivity index (χ1v) is 12.5. The van der Waals surface area contributed by atoms with Crippen molar-refractivity contribution in [3.05, 3.63) is 59.7 Å². The van der Waals surface area contributed by atoms with Gasteiger partial charge in [-0.25, -0.2) is 4.79 Å². The number of rotatable bonds is 6. The Morgan fingerprint density at radius 2 is 1.50 bits per heavy atom. The van der Waals surface area contributed by atoms with Crippen LogP contribution in [-0.2, 0) is 4.79 Å². The van der Waals surface area contributed by atoms with E-state index in [0.29, 0.717) is 24.3 Å². The Hall–Kier alpha value is -3.55. The van der Waals surface area contributed by atoms with Gasteiger partial charge in [-0.15, -0.1) is 0 Å². The maximum atomic E-state index is 13.0. The highest BCUT2D eigenvalue weighted by atomic mass is 16.2. The molecule has 8 heteroatoms. The second-order valence-corrected chi connectivity index (χ2v) is 10.6. The number of anilines is 2. The van der Waals surface area contributed by atoms with Crippen LogP contribution in [0.5, 0.6) is 0 Å². The normalized spacial score (nSPS) is 14.0. The van der Waals surface area contributed by atoms with Crippen LogP contribution in [-0.4, -0.2) is 71.9 Å². The van der Waals surface area contributed by atoms with Crippen LogP contribution in [0.25, 0.3) is 0 Å². The van der Waals surface area contributed by atoms with Crippen molar-refractivity contribution < 1.29 is 14.4 Å². The summed E-state index contributed by atoms with van der Waals surface area (Å²) in [6, 6.07) is 14.9. The zero-order valence-electron chi connectivity index (χ0n) is 22.3. The Kier molecular flexibility index (Phi) is 8.61. The summed E-state index contributed by atoms with van der Waals surface area (Å²) >= 11 is 0. The van der Waals surface area contributed by atoms with Crippen molar-refractivity contribution in [1.82, 2.24) is 15.1 Å². The maximum absolute atomic E-state index is 13.0. The Balaban J connectivity index is 1.54. The summed E-state index contributed by atoms with van der Waals surface area (Å²) in [7, 11) is 0. The van der Waals surface area contributed by atoms with Crippen LogP contribution >= 0.6 is 0 Å². The van der Waals surface area contributed by atoms with Crippen LogP contribution in [0.4, 0.5) is 16.2 Å². The van der Waals surface area contributed by atoms with Gasteiger partial charge in [0.1, 0.15) is 6.54 Å². The van der Waals surface area contributed by atoms with Crippen LogP contribution in [0.2, 0.25) is 0 Å². The van der Waals surface area contributed by atoms with E-state index >= 15 is 0 Å². The van der Waals surface area contributed by atoms with Crippen molar-refractivity contribution in [3.8, 4) is 0 Å². The summed E-state index contributed by atoms with van der Waals surface area (Å²) in [5.41, 5.74) is 3.12. The number of piperazine rings is 1. The van der Waals surface area contributed by atoms with Gasteiger partial charge in [-0.3, -0.25) is 9.59 Å². The SMILES string of the molecule is Cc1ccc(C(=O)N(CC(=O)Nc2ccc(N3CCN(C(=O)NC(C)(C)C)CC3)cc2)C(C)C)cc1. The van der Waals surface area contributed by atoms with Crippen LogP contribution in [0.1, 0.15) is 50.5 Å². The lowest BCUT2D eigenvalue weighted by molar-refractivity contribution is -0.117. The molecule has 3 rings (SSSR count). The van der Waals surface area contributed by atoms with E-state index in [-0.39, 0.29) is 36.0 Å². The van der Waals surface area contributed by atoms with E-state index in [1.165, 1.54) is 0 Å². The molecule has 8 nitrogen and oxygen atoms in total. The molecule has 36 heavy (non-hydrogen) atoms. The molecule has 0 saturated carbocycles. The molecule has 1 aliphatic heterocycles. The van der Waals surface area contributed by atoms with Gasteiger partial charge in [0.25, 0.3) is 5.91 Å². The number of amides is 4. The fourth-order valence-corrected chi connectivity index (χ4v) is 4.03. The smallest absolute Gasteiger partial charge is 0.317 e. The van der Waals surface area contributed by atoms with Crippen molar-refractivity contribution in [2.45, 2.75) is 53.1 Å². The average Bonchev–Trinajstić information content (AvgIpc) is 2.82. The Bertz CT molecular complexity index is 1050. The molecule has 0 radical (unpaired) electrons. The second kappa shape index (κ2) is 11.5. The third kappa shape index (κ3) is 7.47. The molecule has 4 amide bonds. The van der Waals surface area contributed by atoms with Crippen molar-refractivity contribution in [1.29, 1.82) is 0 Å². The Morgan fingerprint density at radius 1 is 0.917 bits per heavy atom. The van der Waals surface area contributed by atoms with E-state index in [1.54, 1.807) is 17.0 Å². The summed E-state index contributed by atoms with van der Waals surface area (Å²) in [6.45, 7) is 14.5. The third-order valence-electron chi connectivity index (χ3n) is 6.06. The third-order valence-corrected chi connectivity index (χ3v) is 6.06. The van der Waals surface area contributed by atoms with Gasteiger partial charge in [0.15, 0.2) is 0 Å². The number of nitrogens with one attached hydrogen (secondary N) is 2. The molecule has 1 fully saturated rings. The zero-order valence-corrected chi connectivity index (χ0v) is 22.3. The molecular weight excluding hydrogens is 454 g/mol. The van der Waals surface area contributed by atoms with Gasteiger partial charge in [0.2, 0.25) is 5.91 Å². The molecule has 0 aliphatic carbocycles. The summed E-state index contributed by atoms with van der Waals surface area (Å²) < 4.78 is 0. The highest BCUT2D eigenvalue weighted by Crippen LogP contribution is 2.20. The van der Waals surface area contributed by atoms with Crippen molar-refractivity contribution in [2.24, 2.45) is 0 Å². The summed E-state index contributed by atoms with van der Waals surface area (Å²) in [6.07, 6.45) is 0. The van der Waals surface area contributed by atoms with Gasteiger partial charge >= 0.3 is 6.03 Å². The first-order valence-electron chi connectivity index (χ1n) is 12.5. The predicted molar refractivity (Wildman–Crippen MR) is 144 cm³/mol. The first-order chi connectivity index (χ1) is 16.9. The average molecular weight is 494 g/mol. The number of hydrogen-bond donors (Lipinski definition) is 2. The zero-order chi connectivity index (χ0) is 26.5. The highest BCUT2D eigenvalue weighted by molar-refractivity contribution is 5.99. The standard InChI is InChI=1S/C28H39N5O3/c1-20(2)33(26(35)22-9-7-21(3)8-10-22)19-25(34)29-23-11-13-24(14-12-23)31-15-17-32(18-16-31)27(36)30-28(4,5)6/h7-14,20H,15-19H2,1-6H3,(H,29,34)(H,30,36). The minimum absolute atomic E-state index is 0.0231. The Labute approximate surface area is 214 Å². The second-order valence-electron chi connectivity index (χ2n) is 10.6. The molecular formula is C28H39N5O3. The van der Waals surface area contributed by atoms with Gasteiger partial charge in [-0.2, -0.15) is 0 Å². The van der Waals surface area contributed by atoms with Crippen molar-refractivity contribution >= 4 is 29.2 Å². The fourth-order valence-electron chi connectivity index (χ4n) is 4.03. The van der Waals surface area contributed by atoms with E-state index < -0.39 is 0 Å². The minimum atomic E-state index is -0.255. The molecule has 0 atom stereocenters. The summed E-state index contributed by atoms with van der Waals surface area (Å²) in [4.78, 5) is 43.7. The van der Waals surface area contributed by atoms with E-state index in [9.17, 15) is 14.4 Å². The molecule has 0 spiro atoms. The predicted octanol–water partition coefficient (Wildman–Crippen LogP) is 4.11. The number of nitrogens with zero attached hydrogens (tertiary/aromatic N) is 3. The molecule has 1 heterocycles. The quantitative estimate of drug-likeness (QED) is 0.634. The van der Waals surface area contributed by atoms with Crippen molar-refractivity contribution in [2.75, 3.05) is 42.9 Å². The van der Waals surface area contributed by atoms with Crippen LogP contribution in [0.15, 0.2) is 48.5 Å². The van der Waals surface area contributed by atoms with E-state index in [1.807, 2.05) is 82.8 Å². The van der Waals surface area contributed by atoms with Crippen molar-refractivity contribution in [3.63, 3.8) is 0 Å². The molecule has 2 aromatic carbocycles. The lowest BCUT2D eigenvalue weighted by Crippen LogP contribution is -2.55. The first kappa shape index (κ1) is 27.0. The van der Waals surface area contributed by atoms with Gasteiger partial charge in [-0.05, 0) is 77.9 Å². The molecule has 0 bridgehead atoms. The summed E-state index contributed by atoms with van der Waals surface area (Å²) in [5, 5.41) is 5.92. The lowest BCUT2D eigenvalue weighted by Gasteiger charge is -2.37. The maximum Gasteiger partial charge on any atom is 0.317 e. The van der Waals surface area contributed by atoms with E-state index in [0.717, 1.165) is 24.3 Å². The monoisotopic (exact) mass is 493 g/mol.